The van der Waals surface area contributed by atoms with E-state index in [4.69, 9.17) is 5.73 Å². The van der Waals surface area contributed by atoms with Gasteiger partial charge in [0, 0.05) is 5.69 Å². The Hall–Kier alpha value is -2.37. The van der Waals surface area contributed by atoms with Crippen LogP contribution in [-0.2, 0) is 4.74 Å². The van der Waals surface area contributed by atoms with Crippen molar-refractivity contribution in [1.82, 2.24) is 14.8 Å². The highest BCUT2D eigenvalue weighted by atomic mass is 16.5. The maximum absolute atomic E-state index is 11.2. The second-order valence-electron chi connectivity index (χ2n) is 3.61. The molecule has 0 unspecified atom stereocenters. The van der Waals surface area contributed by atoms with Gasteiger partial charge in [-0.15, -0.1) is 5.10 Å². The molecule has 1 aromatic heterocycles. The molecule has 1 heterocycles. The van der Waals surface area contributed by atoms with Crippen LogP contribution in [0.5, 0.6) is 0 Å². The molecule has 0 amide bonds. The number of esters is 1. The van der Waals surface area contributed by atoms with Crippen molar-refractivity contribution in [3.63, 3.8) is 0 Å². The molecule has 0 fully saturated rings. The third kappa shape index (κ3) is 2.25. The number of hydrogen-bond acceptors (Lipinski definition) is 5. The summed E-state index contributed by atoms with van der Waals surface area (Å²) in [5.74, 6) is -0.544. The van der Waals surface area contributed by atoms with Crippen LogP contribution in [-0.4, -0.2) is 27.8 Å². The van der Waals surface area contributed by atoms with Crippen LogP contribution in [0.25, 0.3) is 5.69 Å². The topological polar surface area (TPSA) is 83.0 Å². The Kier molecular flexibility index (Phi) is 2.78. The minimum atomic E-state index is -0.565. The van der Waals surface area contributed by atoms with Crippen LogP contribution in [0.15, 0.2) is 24.5 Å². The summed E-state index contributed by atoms with van der Waals surface area (Å²) in [6.07, 6.45) is 1.44. The quantitative estimate of drug-likeness (QED) is 0.615. The fourth-order valence-electron chi connectivity index (χ4n) is 1.50. The number of aromatic nitrogens is 3. The lowest BCUT2D eigenvalue weighted by Crippen LogP contribution is -2.05. The van der Waals surface area contributed by atoms with Gasteiger partial charge in [-0.2, -0.15) is 0 Å². The smallest absolute Gasteiger partial charge is 0.377 e. The largest absolute Gasteiger partial charge is 0.463 e. The van der Waals surface area contributed by atoms with Gasteiger partial charge in [0.15, 0.2) is 0 Å². The van der Waals surface area contributed by atoms with E-state index in [-0.39, 0.29) is 5.82 Å². The molecule has 2 N–H and O–H groups in total. The molecule has 0 aliphatic heterocycles. The van der Waals surface area contributed by atoms with Crippen molar-refractivity contribution in [3.05, 3.63) is 35.9 Å². The van der Waals surface area contributed by atoms with Crippen LogP contribution in [0.1, 0.15) is 16.2 Å². The molecule has 0 saturated heterocycles. The summed E-state index contributed by atoms with van der Waals surface area (Å²) >= 11 is 0. The van der Waals surface area contributed by atoms with E-state index in [0.29, 0.717) is 5.69 Å². The molecule has 0 aliphatic rings. The van der Waals surface area contributed by atoms with Crippen molar-refractivity contribution in [3.8, 4) is 5.69 Å². The monoisotopic (exact) mass is 232 g/mol. The summed E-state index contributed by atoms with van der Waals surface area (Å²) in [7, 11) is 1.29. The van der Waals surface area contributed by atoms with E-state index < -0.39 is 5.97 Å². The first-order valence-electron chi connectivity index (χ1n) is 4.97. The molecule has 88 valence electrons. The van der Waals surface area contributed by atoms with Gasteiger partial charge in [-0.3, -0.25) is 0 Å². The van der Waals surface area contributed by atoms with Crippen molar-refractivity contribution in [2.45, 2.75) is 6.92 Å². The zero-order valence-electron chi connectivity index (χ0n) is 9.54. The number of nitrogens with zero attached hydrogens (tertiary/aromatic N) is 3. The van der Waals surface area contributed by atoms with Gasteiger partial charge in [-0.1, -0.05) is 0 Å². The molecule has 0 radical (unpaired) electrons. The number of nitrogens with two attached hydrogens (primary N) is 1. The first kappa shape index (κ1) is 11.1. The Morgan fingerprint density at radius 1 is 1.41 bits per heavy atom. The lowest BCUT2D eigenvalue weighted by Gasteiger charge is -2.03. The molecule has 0 spiro atoms. The first-order chi connectivity index (χ1) is 8.10. The molecule has 0 aliphatic carbocycles. The summed E-state index contributed by atoms with van der Waals surface area (Å²) < 4.78 is 6.01. The molecule has 17 heavy (non-hydrogen) atoms. The van der Waals surface area contributed by atoms with Crippen LogP contribution in [0.4, 0.5) is 5.69 Å². The van der Waals surface area contributed by atoms with Crippen molar-refractivity contribution in [2.75, 3.05) is 12.8 Å². The highest BCUT2D eigenvalue weighted by Crippen LogP contribution is 2.14. The van der Waals surface area contributed by atoms with Crippen molar-refractivity contribution in [2.24, 2.45) is 0 Å². The number of hydrogen-bond donors (Lipinski definition) is 1. The van der Waals surface area contributed by atoms with E-state index in [1.54, 1.807) is 6.07 Å². The molecule has 2 aromatic rings. The van der Waals surface area contributed by atoms with Crippen LogP contribution >= 0.6 is 0 Å². The van der Waals surface area contributed by atoms with Crippen molar-refractivity contribution >= 4 is 11.7 Å². The van der Waals surface area contributed by atoms with Gasteiger partial charge in [0.25, 0.3) is 5.82 Å². The van der Waals surface area contributed by atoms with E-state index in [2.05, 4.69) is 14.8 Å². The van der Waals surface area contributed by atoms with Gasteiger partial charge in [-0.25, -0.2) is 14.5 Å². The number of nitrogen functional groups attached to an aromatic ring is 1. The summed E-state index contributed by atoms with van der Waals surface area (Å²) in [4.78, 5) is 15.1. The Labute approximate surface area is 98.0 Å². The van der Waals surface area contributed by atoms with Gasteiger partial charge < -0.3 is 10.5 Å². The normalized spacial score (nSPS) is 10.2. The molecular formula is C11H12N4O2. The molecule has 0 saturated carbocycles. The number of carbonyl (C=O) groups excluding carboxylic acids is 1. The molecule has 0 bridgehead atoms. The predicted octanol–water partition coefficient (Wildman–Crippen LogP) is 0.945. The molecule has 2 rings (SSSR count). The van der Waals surface area contributed by atoms with Gasteiger partial charge in [0.1, 0.15) is 6.33 Å². The Morgan fingerprint density at radius 3 is 2.82 bits per heavy atom. The molecule has 0 atom stereocenters. The minimum Gasteiger partial charge on any atom is -0.463 e. The molecule has 6 heteroatoms. The zero-order chi connectivity index (χ0) is 12.4. The molecular weight excluding hydrogens is 220 g/mol. The van der Waals surface area contributed by atoms with E-state index in [1.165, 1.54) is 18.1 Å². The maximum Gasteiger partial charge on any atom is 0.377 e. The van der Waals surface area contributed by atoms with Crippen LogP contribution < -0.4 is 5.73 Å². The summed E-state index contributed by atoms with van der Waals surface area (Å²) in [5, 5.41) is 4.01. The number of aryl methyl sites for hydroxylation is 1. The van der Waals surface area contributed by atoms with Crippen LogP contribution in [0.3, 0.4) is 0 Å². The summed E-state index contributed by atoms with van der Waals surface area (Å²) in [6, 6.07) is 5.50. The molecule has 1 aromatic carbocycles. The van der Waals surface area contributed by atoms with E-state index in [9.17, 15) is 4.79 Å². The standard InChI is InChI=1S/C11H12N4O2/c1-7-3-8(12)5-9(4-7)15-6-13-10(14-15)11(16)17-2/h3-6H,12H2,1-2H3. The number of carbonyl (C=O) groups is 1. The van der Waals surface area contributed by atoms with E-state index >= 15 is 0 Å². The Balaban J connectivity index is 2.40. The fourth-order valence-corrected chi connectivity index (χ4v) is 1.50. The number of rotatable bonds is 2. The van der Waals surface area contributed by atoms with E-state index in [1.807, 2.05) is 19.1 Å². The van der Waals surface area contributed by atoms with Crippen molar-refractivity contribution in [1.29, 1.82) is 0 Å². The lowest BCUT2D eigenvalue weighted by molar-refractivity contribution is 0.0587. The third-order valence-electron chi connectivity index (χ3n) is 2.21. The average molecular weight is 232 g/mol. The fraction of sp³-hybridized carbons (Fsp3) is 0.182. The third-order valence-corrected chi connectivity index (χ3v) is 2.21. The number of benzene rings is 1. The molecule has 6 nitrogen and oxygen atoms in total. The van der Waals surface area contributed by atoms with Crippen LogP contribution in [0.2, 0.25) is 0 Å². The number of methoxy groups -OCH3 is 1. The second kappa shape index (κ2) is 4.25. The summed E-state index contributed by atoms with van der Waals surface area (Å²) in [5.41, 5.74) is 8.13. The number of anilines is 1. The maximum atomic E-state index is 11.2. The predicted molar refractivity (Wildman–Crippen MR) is 61.8 cm³/mol. The van der Waals surface area contributed by atoms with Gasteiger partial charge in [0.2, 0.25) is 0 Å². The first-order valence-corrected chi connectivity index (χ1v) is 4.97. The SMILES string of the molecule is COC(=O)c1ncn(-c2cc(C)cc(N)c2)n1. The highest BCUT2D eigenvalue weighted by molar-refractivity contribution is 5.84. The minimum absolute atomic E-state index is 0.0209. The van der Waals surface area contributed by atoms with Gasteiger partial charge in [0.05, 0.1) is 12.8 Å². The Morgan fingerprint density at radius 2 is 2.18 bits per heavy atom. The van der Waals surface area contributed by atoms with E-state index in [0.717, 1.165) is 11.3 Å². The average Bonchev–Trinajstić information content (AvgIpc) is 2.76. The van der Waals surface area contributed by atoms with Crippen molar-refractivity contribution < 1.29 is 9.53 Å². The van der Waals surface area contributed by atoms with Gasteiger partial charge >= 0.3 is 5.97 Å². The lowest BCUT2D eigenvalue weighted by atomic mass is 10.2. The second-order valence-corrected chi connectivity index (χ2v) is 3.61. The van der Waals surface area contributed by atoms with Gasteiger partial charge in [-0.05, 0) is 30.7 Å². The van der Waals surface area contributed by atoms with Crippen LogP contribution in [0, 0.1) is 6.92 Å². The summed E-state index contributed by atoms with van der Waals surface area (Å²) in [6.45, 7) is 1.93. The Bertz CT molecular complexity index is 542. The highest BCUT2D eigenvalue weighted by Gasteiger charge is 2.12. The zero-order valence-corrected chi connectivity index (χ0v) is 9.54. The number of ether oxygens (including phenoxy) is 1.